The molecule has 4 aromatic carbocycles. The summed E-state index contributed by atoms with van der Waals surface area (Å²) in [6, 6.07) is 31.1. The number of aryl methyl sites for hydroxylation is 2. The first-order chi connectivity index (χ1) is 22.1. The van der Waals surface area contributed by atoms with Gasteiger partial charge in [0.05, 0.1) is 25.4 Å². The fourth-order valence-electron chi connectivity index (χ4n) is 4.84. The highest BCUT2D eigenvalue weighted by Gasteiger charge is 2.08. The summed E-state index contributed by atoms with van der Waals surface area (Å²) in [6.07, 6.45) is 12.5. The summed E-state index contributed by atoms with van der Waals surface area (Å²) in [5.41, 5.74) is 18.3. The lowest BCUT2D eigenvalue weighted by atomic mass is 10.0. The van der Waals surface area contributed by atoms with Crippen LogP contribution in [0.2, 0.25) is 0 Å². The van der Waals surface area contributed by atoms with E-state index in [-0.39, 0.29) is 0 Å². The van der Waals surface area contributed by atoms with E-state index in [2.05, 4.69) is 78.9 Å². The van der Waals surface area contributed by atoms with E-state index in [0.717, 1.165) is 67.1 Å². The highest BCUT2D eigenvalue weighted by atomic mass is 16.5. The molecular formula is C40H50N2O3. The number of para-hydroxylation sites is 1. The Kier molecular flexibility index (Phi) is 16.1. The minimum atomic E-state index is 0.630. The molecule has 4 aromatic rings. The van der Waals surface area contributed by atoms with Crippen LogP contribution in [0, 0.1) is 0 Å². The van der Waals surface area contributed by atoms with Crippen molar-refractivity contribution < 1.29 is 14.2 Å². The quantitative estimate of drug-likeness (QED) is 0.125. The van der Waals surface area contributed by atoms with E-state index >= 15 is 0 Å². The summed E-state index contributed by atoms with van der Waals surface area (Å²) < 4.78 is 17.1. The first-order valence-electron chi connectivity index (χ1n) is 16.2. The molecule has 4 N–H and O–H groups in total. The van der Waals surface area contributed by atoms with Gasteiger partial charge in [-0.2, -0.15) is 0 Å². The van der Waals surface area contributed by atoms with Gasteiger partial charge in [-0.1, -0.05) is 91.0 Å². The predicted molar refractivity (Wildman–Crippen MR) is 192 cm³/mol. The third kappa shape index (κ3) is 12.3. The van der Waals surface area contributed by atoms with E-state index in [4.69, 9.17) is 25.7 Å². The van der Waals surface area contributed by atoms with Crippen LogP contribution >= 0.6 is 0 Å². The topological polar surface area (TPSA) is 79.7 Å². The van der Waals surface area contributed by atoms with Crippen molar-refractivity contribution in [3.63, 3.8) is 0 Å². The number of rotatable bonds is 16. The molecule has 0 fully saturated rings. The SMILES string of the molecule is CCOc1cccc(OCC)c1/C=C\c1cccc(CCCN)c1.CCOc1ccccc1/C=C/c1cccc(CCCN)c1. The molecule has 5 heteroatoms. The second-order valence-electron chi connectivity index (χ2n) is 10.4. The van der Waals surface area contributed by atoms with Gasteiger partial charge in [0.25, 0.3) is 0 Å². The van der Waals surface area contributed by atoms with Crippen LogP contribution in [0.5, 0.6) is 17.2 Å². The van der Waals surface area contributed by atoms with Crippen molar-refractivity contribution in [3.05, 3.63) is 124 Å². The molecule has 0 spiro atoms. The zero-order valence-electron chi connectivity index (χ0n) is 27.2. The van der Waals surface area contributed by atoms with Crippen LogP contribution in [0.3, 0.4) is 0 Å². The van der Waals surface area contributed by atoms with Crippen molar-refractivity contribution in [2.45, 2.75) is 46.5 Å². The highest BCUT2D eigenvalue weighted by Crippen LogP contribution is 2.31. The number of hydrogen-bond donors (Lipinski definition) is 2. The van der Waals surface area contributed by atoms with E-state index in [1.807, 2.05) is 57.2 Å². The van der Waals surface area contributed by atoms with Crippen LogP contribution in [-0.4, -0.2) is 32.9 Å². The molecule has 0 aliphatic carbocycles. The number of nitrogens with two attached hydrogens (primary N) is 2. The Balaban J connectivity index is 0.000000248. The van der Waals surface area contributed by atoms with Gasteiger partial charge in [-0.3, -0.25) is 0 Å². The summed E-state index contributed by atoms with van der Waals surface area (Å²) in [5, 5.41) is 0. The first-order valence-corrected chi connectivity index (χ1v) is 16.2. The fraction of sp³-hybridized carbons (Fsp3) is 0.300. The number of hydrogen-bond acceptors (Lipinski definition) is 5. The molecule has 0 aliphatic rings. The molecular weight excluding hydrogens is 556 g/mol. The van der Waals surface area contributed by atoms with E-state index in [1.165, 1.54) is 22.3 Å². The molecule has 0 saturated carbocycles. The highest BCUT2D eigenvalue weighted by molar-refractivity contribution is 5.76. The molecule has 4 rings (SSSR count). The summed E-state index contributed by atoms with van der Waals surface area (Å²) >= 11 is 0. The average molecular weight is 607 g/mol. The normalized spacial score (nSPS) is 11.0. The van der Waals surface area contributed by atoms with Gasteiger partial charge in [0.15, 0.2) is 0 Å². The molecule has 5 nitrogen and oxygen atoms in total. The van der Waals surface area contributed by atoms with Gasteiger partial charge in [-0.15, -0.1) is 0 Å². The minimum Gasteiger partial charge on any atom is -0.493 e. The third-order valence-corrected chi connectivity index (χ3v) is 6.98. The van der Waals surface area contributed by atoms with Gasteiger partial charge in [0.1, 0.15) is 17.2 Å². The summed E-state index contributed by atoms with van der Waals surface area (Å²) in [7, 11) is 0. The Bertz CT molecular complexity index is 1450. The Labute approximate surface area is 270 Å². The van der Waals surface area contributed by atoms with Gasteiger partial charge in [0.2, 0.25) is 0 Å². The van der Waals surface area contributed by atoms with Crippen LogP contribution in [0.1, 0.15) is 67.0 Å². The van der Waals surface area contributed by atoms with E-state index < -0.39 is 0 Å². The van der Waals surface area contributed by atoms with Gasteiger partial charge in [-0.05, 0) is 106 Å². The monoisotopic (exact) mass is 606 g/mol. The molecule has 0 aromatic heterocycles. The summed E-state index contributed by atoms with van der Waals surface area (Å²) in [5.74, 6) is 2.62. The van der Waals surface area contributed by atoms with Crippen LogP contribution in [0.25, 0.3) is 24.3 Å². The first kappa shape index (κ1) is 35.2. The zero-order valence-corrected chi connectivity index (χ0v) is 27.2. The number of ether oxygens (including phenoxy) is 3. The maximum Gasteiger partial charge on any atom is 0.130 e. The maximum atomic E-state index is 5.74. The van der Waals surface area contributed by atoms with Gasteiger partial charge >= 0.3 is 0 Å². The molecule has 0 atom stereocenters. The molecule has 0 saturated heterocycles. The number of benzene rings is 4. The van der Waals surface area contributed by atoms with E-state index in [0.29, 0.717) is 19.8 Å². The predicted octanol–water partition coefficient (Wildman–Crippen LogP) is 8.69. The van der Waals surface area contributed by atoms with Crippen LogP contribution in [-0.2, 0) is 12.8 Å². The molecule has 45 heavy (non-hydrogen) atoms. The smallest absolute Gasteiger partial charge is 0.130 e. The van der Waals surface area contributed by atoms with Crippen LogP contribution in [0.4, 0.5) is 0 Å². The summed E-state index contributed by atoms with van der Waals surface area (Å²) in [6.45, 7) is 9.38. The van der Waals surface area contributed by atoms with Crippen molar-refractivity contribution in [2.24, 2.45) is 11.5 Å². The second kappa shape index (κ2) is 20.6. The second-order valence-corrected chi connectivity index (χ2v) is 10.4. The Hall–Kier alpha value is -4.32. The van der Waals surface area contributed by atoms with Crippen molar-refractivity contribution in [2.75, 3.05) is 32.9 Å². The van der Waals surface area contributed by atoms with Gasteiger partial charge < -0.3 is 25.7 Å². The zero-order chi connectivity index (χ0) is 32.1. The molecule has 0 unspecified atom stereocenters. The molecule has 238 valence electrons. The standard InChI is InChI=1S/C21H27NO2.C19H23NO/c1-3-23-20-11-6-12-21(24-4-2)19(20)14-13-18-9-5-8-17(16-18)10-7-15-22;1-2-21-19-11-4-3-10-18(19)13-12-17-8-5-7-16(15-17)9-6-14-20/h5-6,8-9,11-14,16H,3-4,7,10,15,22H2,1-2H3;3-5,7-8,10-13,15H,2,6,9,14,20H2,1H3/b14-13-;13-12+. The minimum absolute atomic E-state index is 0.630. The van der Waals surface area contributed by atoms with Crippen molar-refractivity contribution in [1.29, 1.82) is 0 Å². The van der Waals surface area contributed by atoms with Crippen molar-refractivity contribution in [1.82, 2.24) is 0 Å². The lowest BCUT2D eigenvalue weighted by Crippen LogP contribution is -2.00. The van der Waals surface area contributed by atoms with Crippen LogP contribution < -0.4 is 25.7 Å². The fourth-order valence-corrected chi connectivity index (χ4v) is 4.84. The van der Waals surface area contributed by atoms with Crippen molar-refractivity contribution in [3.8, 4) is 17.2 Å². The lowest BCUT2D eigenvalue weighted by Gasteiger charge is -2.12. The molecule has 0 radical (unpaired) electrons. The lowest BCUT2D eigenvalue weighted by molar-refractivity contribution is 0.322. The average Bonchev–Trinajstić information content (AvgIpc) is 3.07. The van der Waals surface area contributed by atoms with E-state index in [1.54, 1.807) is 0 Å². The van der Waals surface area contributed by atoms with Gasteiger partial charge in [0, 0.05) is 5.56 Å². The molecule has 0 bridgehead atoms. The Morgan fingerprint density at radius 3 is 1.51 bits per heavy atom. The van der Waals surface area contributed by atoms with Crippen molar-refractivity contribution >= 4 is 24.3 Å². The van der Waals surface area contributed by atoms with E-state index in [9.17, 15) is 0 Å². The Morgan fingerprint density at radius 1 is 0.511 bits per heavy atom. The molecule has 0 heterocycles. The maximum absolute atomic E-state index is 5.74. The molecule has 0 aliphatic heterocycles. The van der Waals surface area contributed by atoms with Crippen LogP contribution in [0.15, 0.2) is 91.0 Å². The largest absolute Gasteiger partial charge is 0.493 e. The third-order valence-electron chi connectivity index (χ3n) is 6.98. The summed E-state index contributed by atoms with van der Waals surface area (Å²) in [4.78, 5) is 0. The molecule has 0 amide bonds. The Morgan fingerprint density at radius 2 is 0.978 bits per heavy atom. The van der Waals surface area contributed by atoms with Gasteiger partial charge in [-0.25, -0.2) is 0 Å².